The number of benzene rings is 1. The zero-order valence-corrected chi connectivity index (χ0v) is 12.8. The first-order chi connectivity index (χ1) is 9.11. The van der Waals surface area contributed by atoms with Crippen LogP contribution in [0.3, 0.4) is 0 Å². The van der Waals surface area contributed by atoms with Crippen molar-refractivity contribution in [3.05, 3.63) is 24.3 Å². The number of sulfone groups is 1. The average molecular weight is 283 g/mol. The number of nitrogens with one attached hydrogen (secondary N) is 1. The topological polar surface area (TPSA) is 46.2 Å². The van der Waals surface area contributed by atoms with Gasteiger partial charge in [-0.25, -0.2) is 8.42 Å². The summed E-state index contributed by atoms with van der Waals surface area (Å²) in [7, 11) is -3.14. The molecule has 108 valence electrons. The van der Waals surface area contributed by atoms with E-state index in [9.17, 15) is 8.42 Å². The fraction of sp³-hybridized carbons (Fsp3) is 0.600. The van der Waals surface area contributed by atoms with Crippen molar-refractivity contribution in [1.82, 2.24) is 0 Å². The summed E-state index contributed by atoms with van der Waals surface area (Å²) in [5, 5.41) is 3.25. The maximum Gasteiger partial charge on any atom is 0.180 e. The molecular formula is C15H25NO2S. The lowest BCUT2D eigenvalue weighted by Crippen LogP contribution is -2.10. The van der Waals surface area contributed by atoms with Gasteiger partial charge in [-0.1, -0.05) is 51.7 Å². The van der Waals surface area contributed by atoms with Crippen molar-refractivity contribution in [3.8, 4) is 0 Å². The molecule has 0 aliphatic carbocycles. The zero-order valence-electron chi connectivity index (χ0n) is 12.0. The molecule has 0 aliphatic rings. The third-order valence-electron chi connectivity index (χ3n) is 3.20. The van der Waals surface area contributed by atoms with Crippen molar-refractivity contribution in [3.63, 3.8) is 0 Å². The largest absolute Gasteiger partial charge is 0.384 e. The Labute approximate surface area is 117 Å². The first kappa shape index (κ1) is 16.0. The molecule has 0 amide bonds. The minimum atomic E-state index is -3.14. The number of rotatable bonds is 9. The van der Waals surface area contributed by atoms with Crippen LogP contribution >= 0.6 is 0 Å². The summed E-state index contributed by atoms with van der Waals surface area (Å²) in [5.74, 6) is 0.141. The molecule has 0 aliphatic heterocycles. The Balaban J connectivity index is 2.55. The molecular weight excluding hydrogens is 258 g/mol. The summed E-state index contributed by atoms with van der Waals surface area (Å²) >= 11 is 0. The lowest BCUT2D eigenvalue weighted by molar-refractivity contribution is 0.597. The summed E-state index contributed by atoms with van der Waals surface area (Å²) in [4.78, 5) is 0.422. The van der Waals surface area contributed by atoms with Crippen LogP contribution in [0.2, 0.25) is 0 Å². The van der Waals surface area contributed by atoms with Gasteiger partial charge in [0.15, 0.2) is 9.84 Å². The second-order valence-corrected chi connectivity index (χ2v) is 6.99. The van der Waals surface area contributed by atoms with Crippen LogP contribution in [0, 0.1) is 0 Å². The van der Waals surface area contributed by atoms with E-state index in [0.29, 0.717) is 4.90 Å². The lowest BCUT2D eigenvalue weighted by Gasteiger charge is -2.11. The molecule has 0 spiro atoms. The van der Waals surface area contributed by atoms with Crippen molar-refractivity contribution in [1.29, 1.82) is 0 Å². The first-order valence-electron chi connectivity index (χ1n) is 7.17. The van der Waals surface area contributed by atoms with Gasteiger partial charge < -0.3 is 5.32 Å². The quantitative estimate of drug-likeness (QED) is 0.700. The Hall–Kier alpha value is -1.03. The molecule has 3 nitrogen and oxygen atoms in total. The molecule has 0 saturated carbocycles. The van der Waals surface area contributed by atoms with Crippen molar-refractivity contribution in [2.24, 2.45) is 0 Å². The second-order valence-electron chi connectivity index (χ2n) is 4.74. The van der Waals surface area contributed by atoms with Crippen LogP contribution < -0.4 is 5.32 Å². The third-order valence-corrected chi connectivity index (χ3v) is 4.98. The average Bonchev–Trinajstić information content (AvgIpc) is 2.43. The smallest absolute Gasteiger partial charge is 0.180 e. The van der Waals surface area contributed by atoms with Gasteiger partial charge in [0.05, 0.1) is 16.3 Å². The maximum absolute atomic E-state index is 12.0. The molecule has 19 heavy (non-hydrogen) atoms. The number of unbranched alkanes of at least 4 members (excludes halogenated alkanes) is 4. The highest BCUT2D eigenvalue weighted by molar-refractivity contribution is 7.91. The van der Waals surface area contributed by atoms with Crippen molar-refractivity contribution < 1.29 is 8.42 Å². The monoisotopic (exact) mass is 283 g/mol. The van der Waals surface area contributed by atoms with Crippen molar-refractivity contribution in [2.45, 2.75) is 50.8 Å². The van der Waals surface area contributed by atoms with Crippen molar-refractivity contribution >= 4 is 15.5 Å². The maximum atomic E-state index is 12.0. The molecule has 0 fully saturated rings. The van der Waals surface area contributed by atoms with Crippen LogP contribution in [0.5, 0.6) is 0 Å². The molecule has 0 heterocycles. The highest BCUT2D eigenvalue weighted by Gasteiger charge is 2.15. The van der Waals surface area contributed by atoms with Gasteiger partial charge in [0.1, 0.15) is 0 Å². The Bertz CT molecular complexity index is 469. The Morgan fingerprint density at radius 1 is 1.00 bits per heavy atom. The number of anilines is 1. The molecule has 4 heteroatoms. The Morgan fingerprint density at radius 2 is 1.68 bits per heavy atom. The summed E-state index contributed by atoms with van der Waals surface area (Å²) in [5.41, 5.74) is 0.736. The van der Waals surface area contributed by atoms with E-state index in [2.05, 4.69) is 12.2 Å². The van der Waals surface area contributed by atoms with Crippen LogP contribution in [0.4, 0.5) is 5.69 Å². The normalized spacial score (nSPS) is 11.5. The Morgan fingerprint density at radius 3 is 2.37 bits per heavy atom. The molecule has 1 rings (SSSR count). The van der Waals surface area contributed by atoms with Gasteiger partial charge in [-0.2, -0.15) is 0 Å². The fourth-order valence-electron chi connectivity index (χ4n) is 1.99. The molecule has 0 bridgehead atoms. The van der Waals surface area contributed by atoms with Crippen LogP contribution in [-0.2, 0) is 9.84 Å². The lowest BCUT2D eigenvalue weighted by atomic mass is 10.1. The van der Waals surface area contributed by atoms with Gasteiger partial charge in [-0.15, -0.1) is 0 Å². The number of hydrogen-bond donors (Lipinski definition) is 1. The summed E-state index contributed by atoms with van der Waals surface area (Å²) in [6.07, 6.45) is 6.06. The highest BCUT2D eigenvalue weighted by atomic mass is 32.2. The van der Waals surface area contributed by atoms with E-state index in [1.807, 2.05) is 12.1 Å². The van der Waals surface area contributed by atoms with E-state index in [1.165, 1.54) is 25.7 Å². The molecule has 1 N–H and O–H groups in total. The van der Waals surface area contributed by atoms with E-state index < -0.39 is 9.84 Å². The van der Waals surface area contributed by atoms with Crippen LogP contribution in [-0.4, -0.2) is 20.7 Å². The summed E-state index contributed by atoms with van der Waals surface area (Å²) in [6, 6.07) is 7.16. The molecule has 1 aromatic carbocycles. The highest BCUT2D eigenvalue weighted by Crippen LogP contribution is 2.22. The fourth-order valence-corrected chi connectivity index (χ4v) is 3.06. The Kier molecular flexibility index (Phi) is 6.92. The number of para-hydroxylation sites is 1. The third kappa shape index (κ3) is 5.23. The predicted octanol–water partition coefficient (Wildman–Crippen LogP) is 3.86. The molecule has 0 atom stereocenters. The summed E-state index contributed by atoms with van der Waals surface area (Å²) < 4.78 is 23.9. The van der Waals surface area contributed by atoms with Gasteiger partial charge in [0.25, 0.3) is 0 Å². The minimum Gasteiger partial charge on any atom is -0.384 e. The van der Waals surface area contributed by atoms with Gasteiger partial charge >= 0.3 is 0 Å². The van der Waals surface area contributed by atoms with E-state index in [4.69, 9.17) is 0 Å². The first-order valence-corrected chi connectivity index (χ1v) is 8.82. The summed E-state index contributed by atoms with van der Waals surface area (Å²) in [6.45, 7) is 4.71. The number of hydrogen-bond acceptors (Lipinski definition) is 3. The molecule has 0 unspecified atom stereocenters. The minimum absolute atomic E-state index is 0.141. The van der Waals surface area contributed by atoms with E-state index in [1.54, 1.807) is 19.1 Å². The molecule has 1 aromatic rings. The van der Waals surface area contributed by atoms with E-state index >= 15 is 0 Å². The zero-order chi connectivity index (χ0) is 14.1. The van der Waals surface area contributed by atoms with E-state index in [0.717, 1.165) is 18.7 Å². The van der Waals surface area contributed by atoms with Crippen LogP contribution in [0.25, 0.3) is 0 Å². The molecule has 0 saturated heterocycles. The van der Waals surface area contributed by atoms with Gasteiger partial charge in [-0.05, 0) is 18.6 Å². The van der Waals surface area contributed by atoms with Gasteiger partial charge in [0.2, 0.25) is 0 Å². The standard InChI is InChI=1S/C15H25NO2S/c1-3-5-6-7-10-13-16-14-11-8-9-12-15(14)19(17,18)4-2/h8-9,11-12,16H,3-7,10,13H2,1-2H3. The SMILES string of the molecule is CCCCCCCNc1ccccc1S(=O)(=O)CC. The molecule has 0 radical (unpaired) electrons. The van der Waals surface area contributed by atoms with Gasteiger partial charge in [-0.3, -0.25) is 0 Å². The van der Waals surface area contributed by atoms with Gasteiger partial charge in [0, 0.05) is 6.54 Å². The van der Waals surface area contributed by atoms with Crippen LogP contribution in [0.15, 0.2) is 29.2 Å². The van der Waals surface area contributed by atoms with Crippen LogP contribution in [0.1, 0.15) is 46.0 Å². The predicted molar refractivity (Wildman–Crippen MR) is 81.4 cm³/mol. The van der Waals surface area contributed by atoms with Crippen molar-refractivity contribution in [2.75, 3.05) is 17.6 Å². The molecule has 0 aromatic heterocycles. The second kappa shape index (κ2) is 8.20. The van der Waals surface area contributed by atoms with E-state index in [-0.39, 0.29) is 5.75 Å².